The Morgan fingerprint density at radius 1 is 1.10 bits per heavy atom. The lowest BCUT2D eigenvalue weighted by molar-refractivity contribution is -0.153. The fraction of sp³-hybridized carbons (Fsp3) is 0.867. The van der Waals surface area contributed by atoms with Gasteiger partial charge < -0.3 is 10.2 Å². The predicted molar refractivity (Wildman–Crippen MR) is 74.0 cm³/mol. The Morgan fingerprint density at radius 2 is 1.90 bits per heavy atom. The van der Waals surface area contributed by atoms with Crippen molar-refractivity contribution in [2.45, 2.75) is 56.7 Å². The van der Waals surface area contributed by atoms with Crippen molar-refractivity contribution >= 4 is 11.8 Å². The van der Waals surface area contributed by atoms with Crippen molar-refractivity contribution in [3.8, 4) is 0 Å². The van der Waals surface area contributed by atoms with Gasteiger partial charge >= 0.3 is 0 Å². The molecular weight excluding hydrogens is 254 g/mol. The highest BCUT2D eigenvalue weighted by Crippen LogP contribution is 2.43. The van der Waals surface area contributed by atoms with Gasteiger partial charge in [0, 0.05) is 18.6 Å². The summed E-state index contributed by atoms with van der Waals surface area (Å²) in [6, 6.07) is 0.752. The Bertz CT molecular complexity index is 462. The molecule has 1 saturated carbocycles. The SMILES string of the molecule is CC1(C2CC2)NC(=O)CN(C2CCN3CCCC23)C1=O. The van der Waals surface area contributed by atoms with Gasteiger partial charge in [0.2, 0.25) is 11.8 Å². The average molecular weight is 277 g/mol. The third-order valence-corrected chi connectivity index (χ3v) is 5.78. The topological polar surface area (TPSA) is 52.7 Å². The smallest absolute Gasteiger partial charge is 0.249 e. The largest absolute Gasteiger partial charge is 0.340 e. The molecule has 3 unspecified atom stereocenters. The van der Waals surface area contributed by atoms with Gasteiger partial charge in [-0.15, -0.1) is 0 Å². The quantitative estimate of drug-likeness (QED) is 0.792. The molecule has 0 spiro atoms. The molecule has 1 N–H and O–H groups in total. The summed E-state index contributed by atoms with van der Waals surface area (Å²) in [5.41, 5.74) is -0.638. The van der Waals surface area contributed by atoms with Crippen LogP contribution in [0.15, 0.2) is 0 Å². The summed E-state index contributed by atoms with van der Waals surface area (Å²) in [5, 5.41) is 2.97. The van der Waals surface area contributed by atoms with Crippen LogP contribution in [0, 0.1) is 5.92 Å². The van der Waals surface area contributed by atoms with Crippen molar-refractivity contribution in [3.05, 3.63) is 0 Å². The normalized spacial score (nSPS) is 42.0. The van der Waals surface area contributed by atoms with Crippen molar-refractivity contribution in [1.29, 1.82) is 0 Å². The maximum absolute atomic E-state index is 12.9. The summed E-state index contributed by atoms with van der Waals surface area (Å²) in [5.74, 6) is 0.539. The fourth-order valence-electron chi connectivity index (χ4n) is 4.53. The number of nitrogens with zero attached hydrogens (tertiary/aromatic N) is 2. The van der Waals surface area contributed by atoms with E-state index in [0.717, 1.165) is 32.4 Å². The van der Waals surface area contributed by atoms with Crippen molar-refractivity contribution in [2.75, 3.05) is 19.6 Å². The number of hydrogen-bond acceptors (Lipinski definition) is 3. The van der Waals surface area contributed by atoms with E-state index in [1.807, 2.05) is 11.8 Å². The van der Waals surface area contributed by atoms with E-state index in [1.165, 1.54) is 12.8 Å². The number of amides is 2. The summed E-state index contributed by atoms with van der Waals surface area (Å²) in [6.45, 7) is 4.44. The van der Waals surface area contributed by atoms with Gasteiger partial charge in [-0.05, 0) is 51.5 Å². The Labute approximate surface area is 119 Å². The molecule has 0 bridgehead atoms. The lowest BCUT2D eigenvalue weighted by Crippen LogP contribution is -2.69. The zero-order valence-electron chi connectivity index (χ0n) is 12.1. The van der Waals surface area contributed by atoms with Gasteiger partial charge in [0.25, 0.3) is 0 Å². The summed E-state index contributed by atoms with van der Waals surface area (Å²) >= 11 is 0. The lowest BCUT2D eigenvalue weighted by atomic mass is 9.89. The molecule has 3 heterocycles. The van der Waals surface area contributed by atoms with Crippen LogP contribution in [0.4, 0.5) is 0 Å². The molecule has 0 aromatic heterocycles. The van der Waals surface area contributed by atoms with Crippen LogP contribution in [0.2, 0.25) is 0 Å². The fourth-order valence-corrected chi connectivity index (χ4v) is 4.53. The van der Waals surface area contributed by atoms with Crippen LogP contribution in [-0.2, 0) is 9.59 Å². The third kappa shape index (κ3) is 1.72. The molecule has 3 atom stereocenters. The van der Waals surface area contributed by atoms with E-state index in [0.29, 0.717) is 12.0 Å². The summed E-state index contributed by atoms with van der Waals surface area (Å²) in [4.78, 5) is 29.4. The number of carbonyl (C=O) groups excluding carboxylic acids is 2. The first-order valence-electron chi connectivity index (χ1n) is 7.96. The molecule has 1 aliphatic carbocycles. The molecule has 0 aromatic rings. The molecule has 3 saturated heterocycles. The Kier molecular flexibility index (Phi) is 2.65. The molecule has 4 rings (SSSR count). The van der Waals surface area contributed by atoms with E-state index >= 15 is 0 Å². The van der Waals surface area contributed by atoms with Crippen molar-refractivity contribution in [2.24, 2.45) is 5.92 Å². The van der Waals surface area contributed by atoms with Crippen molar-refractivity contribution in [3.63, 3.8) is 0 Å². The molecule has 5 nitrogen and oxygen atoms in total. The number of carbonyl (C=O) groups is 2. The zero-order valence-corrected chi connectivity index (χ0v) is 12.1. The van der Waals surface area contributed by atoms with E-state index in [-0.39, 0.29) is 24.4 Å². The van der Waals surface area contributed by atoms with Gasteiger partial charge in [0.15, 0.2) is 0 Å². The second-order valence-corrected chi connectivity index (χ2v) is 7.06. The summed E-state index contributed by atoms with van der Waals surface area (Å²) in [6.07, 6.45) is 5.57. The number of piperazine rings is 1. The van der Waals surface area contributed by atoms with Crippen LogP contribution < -0.4 is 5.32 Å². The average Bonchev–Trinajstić information content (AvgIpc) is 3.04. The van der Waals surface area contributed by atoms with Crippen LogP contribution in [0.3, 0.4) is 0 Å². The highest BCUT2D eigenvalue weighted by molar-refractivity contribution is 5.98. The first-order chi connectivity index (χ1) is 9.59. The minimum absolute atomic E-state index is 0.0236. The maximum Gasteiger partial charge on any atom is 0.249 e. The van der Waals surface area contributed by atoms with E-state index in [2.05, 4.69) is 10.2 Å². The number of nitrogens with one attached hydrogen (secondary N) is 1. The van der Waals surface area contributed by atoms with Crippen LogP contribution in [0.1, 0.15) is 39.0 Å². The summed E-state index contributed by atoms with van der Waals surface area (Å²) in [7, 11) is 0. The molecule has 4 fully saturated rings. The van der Waals surface area contributed by atoms with E-state index in [1.54, 1.807) is 0 Å². The maximum atomic E-state index is 12.9. The molecule has 110 valence electrons. The molecular formula is C15H23N3O2. The monoisotopic (exact) mass is 277 g/mol. The zero-order chi connectivity index (χ0) is 13.9. The first kappa shape index (κ1) is 12.6. The lowest BCUT2D eigenvalue weighted by Gasteiger charge is -2.44. The molecule has 4 aliphatic rings. The third-order valence-electron chi connectivity index (χ3n) is 5.78. The number of hydrogen-bond donors (Lipinski definition) is 1. The van der Waals surface area contributed by atoms with Gasteiger partial charge in [-0.3, -0.25) is 14.5 Å². The van der Waals surface area contributed by atoms with Crippen molar-refractivity contribution < 1.29 is 9.59 Å². The van der Waals surface area contributed by atoms with Gasteiger partial charge in [-0.1, -0.05) is 0 Å². The predicted octanol–water partition coefficient (Wildman–Crippen LogP) is 0.350. The molecule has 20 heavy (non-hydrogen) atoms. The molecule has 3 aliphatic heterocycles. The van der Waals surface area contributed by atoms with Gasteiger partial charge in [-0.2, -0.15) is 0 Å². The van der Waals surface area contributed by atoms with Gasteiger partial charge in [0.1, 0.15) is 5.54 Å². The van der Waals surface area contributed by atoms with Gasteiger partial charge in [-0.25, -0.2) is 0 Å². The molecule has 0 radical (unpaired) electrons. The highest BCUT2D eigenvalue weighted by atomic mass is 16.2. The van der Waals surface area contributed by atoms with E-state index < -0.39 is 5.54 Å². The Morgan fingerprint density at radius 3 is 2.65 bits per heavy atom. The standard InChI is InChI=1S/C15H23N3O2/c1-15(10-4-5-10)14(20)18(9-13(19)16-15)12-6-8-17-7-2-3-11(12)17/h10-12H,2-9H2,1H3,(H,16,19). The minimum Gasteiger partial charge on any atom is -0.340 e. The molecule has 0 aromatic carbocycles. The number of rotatable bonds is 2. The number of fused-ring (bicyclic) bond motifs is 1. The molecule has 2 amide bonds. The Hall–Kier alpha value is -1.10. The van der Waals surface area contributed by atoms with Crippen LogP contribution in [-0.4, -0.2) is 58.9 Å². The van der Waals surface area contributed by atoms with Crippen LogP contribution in [0.5, 0.6) is 0 Å². The van der Waals surface area contributed by atoms with Crippen LogP contribution in [0.25, 0.3) is 0 Å². The summed E-state index contributed by atoms with van der Waals surface area (Å²) < 4.78 is 0. The highest BCUT2D eigenvalue weighted by Gasteiger charge is 2.55. The Balaban J connectivity index is 1.60. The van der Waals surface area contributed by atoms with E-state index in [4.69, 9.17) is 0 Å². The minimum atomic E-state index is -0.638. The van der Waals surface area contributed by atoms with Crippen molar-refractivity contribution in [1.82, 2.24) is 15.1 Å². The van der Waals surface area contributed by atoms with Gasteiger partial charge in [0.05, 0.1) is 6.54 Å². The second kappa shape index (κ2) is 4.20. The molecule has 5 heteroatoms. The van der Waals surface area contributed by atoms with E-state index in [9.17, 15) is 9.59 Å². The van der Waals surface area contributed by atoms with Crippen LogP contribution >= 0.6 is 0 Å². The first-order valence-corrected chi connectivity index (χ1v) is 7.96. The second-order valence-electron chi connectivity index (χ2n) is 7.06.